The third kappa shape index (κ3) is 2.56. The lowest BCUT2D eigenvalue weighted by atomic mass is 9.68. The van der Waals surface area contributed by atoms with Gasteiger partial charge in [-0.15, -0.1) is 11.3 Å². The summed E-state index contributed by atoms with van der Waals surface area (Å²) in [7, 11) is 0. The van der Waals surface area contributed by atoms with Crippen molar-refractivity contribution in [1.82, 2.24) is 4.98 Å². The largest absolute Gasteiger partial charge is 0.358 e. The maximum Gasteiger partial charge on any atom is 0.162 e. The second-order valence-electron chi connectivity index (χ2n) is 9.18. The molecule has 1 N–H and O–H groups in total. The summed E-state index contributed by atoms with van der Waals surface area (Å²) < 4.78 is 1.26. The van der Waals surface area contributed by atoms with Gasteiger partial charge in [0.15, 0.2) is 5.78 Å². The van der Waals surface area contributed by atoms with Gasteiger partial charge in [0.2, 0.25) is 0 Å². The van der Waals surface area contributed by atoms with E-state index in [9.17, 15) is 4.79 Å². The van der Waals surface area contributed by atoms with E-state index >= 15 is 0 Å². The third-order valence-electron chi connectivity index (χ3n) is 6.43. The van der Waals surface area contributed by atoms with E-state index in [1.165, 1.54) is 21.2 Å². The molecule has 3 nitrogen and oxygen atoms in total. The van der Waals surface area contributed by atoms with Crippen molar-refractivity contribution in [2.24, 2.45) is 5.41 Å². The fourth-order valence-corrected chi connectivity index (χ4v) is 6.20. The normalized spacial score (nSPS) is 20.2. The summed E-state index contributed by atoms with van der Waals surface area (Å²) in [5.41, 5.74) is 6.48. The van der Waals surface area contributed by atoms with Crippen LogP contribution in [0.15, 0.2) is 71.4 Å². The van der Waals surface area contributed by atoms with Crippen LogP contribution in [0.4, 0.5) is 5.69 Å². The molecule has 6 rings (SSSR count). The standard InChI is InChI=1S/C26H22N2OS/c1-26(2)12-20-25(21(29)13-26)24(17-14-30-22-8-4-3-6-15(17)22)23-16-7-5-11-27-18(16)9-10-19(23)28-20/h3-11,14,24,28H,12-13H2,1-2H3. The number of pyridine rings is 1. The topological polar surface area (TPSA) is 42.0 Å². The molecule has 0 saturated heterocycles. The lowest BCUT2D eigenvalue weighted by Crippen LogP contribution is -2.33. The number of ketones is 1. The van der Waals surface area contributed by atoms with Gasteiger partial charge in [-0.25, -0.2) is 0 Å². The Morgan fingerprint density at radius 1 is 1.03 bits per heavy atom. The Bertz CT molecular complexity index is 1380. The number of aromatic nitrogens is 1. The number of benzene rings is 2. The summed E-state index contributed by atoms with van der Waals surface area (Å²) in [5.74, 6) is 0.199. The first-order chi connectivity index (χ1) is 14.5. The highest BCUT2D eigenvalue weighted by Gasteiger charge is 2.41. The van der Waals surface area contributed by atoms with E-state index in [-0.39, 0.29) is 17.1 Å². The molecule has 4 aromatic rings. The van der Waals surface area contributed by atoms with E-state index in [2.05, 4.69) is 72.0 Å². The van der Waals surface area contributed by atoms with Gasteiger partial charge in [-0.3, -0.25) is 9.78 Å². The van der Waals surface area contributed by atoms with Gasteiger partial charge in [0, 0.05) is 45.6 Å². The number of hydrogen-bond donors (Lipinski definition) is 1. The number of anilines is 1. The van der Waals surface area contributed by atoms with E-state index < -0.39 is 0 Å². The van der Waals surface area contributed by atoms with E-state index in [1.807, 2.05) is 12.3 Å². The van der Waals surface area contributed by atoms with Crippen molar-refractivity contribution in [3.8, 4) is 0 Å². The Morgan fingerprint density at radius 3 is 2.77 bits per heavy atom. The zero-order valence-corrected chi connectivity index (χ0v) is 17.8. The lowest BCUT2D eigenvalue weighted by Gasteiger charge is -2.39. The summed E-state index contributed by atoms with van der Waals surface area (Å²) in [6.07, 6.45) is 3.31. The zero-order valence-electron chi connectivity index (χ0n) is 17.0. The van der Waals surface area contributed by atoms with Crippen LogP contribution in [0.25, 0.3) is 21.0 Å². The predicted molar refractivity (Wildman–Crippen MR) is 124 cm³/mol. The van der Waals surface area contributed by atoms with Crippen molar-refractivity contribution in [2.45, 2.75) is 32.6 Å². The minimum Gasteiger partial charge on any atom is -0.358 e. The quantitative estimate of drug-likeness (QED) is 0.382. The molecule has 2 aromatic heterocycles. The number of allylic oxidation sites excluding steroid dienone is 2. The molecule has 1 aliphatic carbocycles. The van der Waals surface area contributed by atoms with Crippen LogP contribution in [-0.2, 0) is 4.79 Å². The van der Waals surface area contributed by atoms with Gasteiger partial charge < -0.3 is 5.32 Å². The van der Waals surface area contributed by atoms with Crippen molar-refractivity contribution in [1.29, 1.82) is 0 Å². The molecule has 148 valence electrons. The molecule has 2 aliphatic rings. The Labute approximate surface area is 179 Å². The molecule has 0 amide bonds. The van der Waals surface area contributed by atoms with Crippen LogP contribution in [-0.4, -0.2) is 10.8 Å². The summed E-state index contributed by atoms with van der Waals surface area (Å²) in [5, 5.41) is 8.26. The number of nitrogens with one attached hydrogen (secondary N) is 1. The first kappa shape index (κ1) is 17.8. The average Bonchev–Trinajstić information content (AvgIpc) is 3.15. The molecule has 4 heteroatoms. The Kier molecular flexibility index (Phi) is 3.72. The molecular formula is C26H22N2OS. The number of rotatable bonds is 1. The van der Waals surface area contributed by atoms with Gasteiger partial charge in [0.1, 0.15) is 0 Å². The average molecular weight is 411 g/mol. The highest BCUT2D eigenvalue weighted by molar-refractivity contribution is 7.17. The number of nitrogens with zero attached hydrogens (tertiary/aromatic N) is 1. The van der Waals surface area contributed by atoms with E-state index in [0.29, 0.717) is 6.42 Å². The van der Waals surface area contributed by atoms with Crippen molar-refractivity contribution >= 4 is 43.8 Å². The second kappa shape index (κ2) is 6.26. The molecular weight excluding hydrogens is 388 g/mol. The maximum atomic E-state index is 13.5. The number of carbonyl (C=O) groups is 1. The minimum atomic E-state index is -0.0658. The van der Waals surface area contributed by atoms with Gasteiger partial charge >= 0.3 is 0 Å². The smallest absolute Gasteiger partial charge is 0.162 e. The zero-order chi connectivity index (χ0) is 20.5. The number of thiophene rings is 1. The van der Waals surface area contributed by atoms with Crippen LogP contribution in [0, 0.1) is 5.41 Å². The SMILES string of the molecule is CC1(C)CC(=O)C2=C(C1)Nc1ccc3ncccc3c1C2c1csc2ccccc12. The molecule has 30 heavy (non-hydrogen) atoms. The molecule has 0 radical (unpaired) electrons. The van der Waals surface area contributed by atoms with E-state index in [1.54, 1.807) is 11.3 Å². The Morgan fingerprint density at radius 2 is 1.87 bits per heavy atom. The van der Waals surface area contributed by atoms with Gasteiger partial charge in [-0.1, -0.05) is 38.1 Å². The van der Waals surface area contributed by atoms with Gasteiger partial charge in [-0.2, -0.15) is 0 Å². The van der Waals surface area contributed by atoms with Crippen molar-refractivity contribution < 1.29 is 4.79 Å². The van der Waals surface area contributed by atoms with Crippen molar-refractivity contribution in [3.63, 3.8) is 0 Å². The second-order valence-corrected chi connectivity index (χ2v) is 10.1. The Balaban J connectivity index is 1.70. The van der Waals surface area contributed by atoms with E-state index in [4.69, 9.17) is 0 Å². The van der Waals surface area contributed by atoms with Gasteiger partial charge in [-0.05, 0) is 58.0 Å². The highest BCUT2D eigenvalue weighted by atomic mass is 32.1. The molecule has 0 spiro atoms. The first-order valence-electron chi connectivity index (χ1n) is 10.4. The number of carbonyl (C=O) groups excluding carboxylic acids is 1. The number of hydrogen-bond acceptors (Lipinski definition) is 4. The summed E-state index contributed by atoms with van der Waals surface area (Å²) >= 11 is 1.76. The predicted octanol–water partition coefficient (Wildman–Crippen LogP) is 6.65. The fraction of sp³-hybridized carbons (Fsp3) is 0.231. The van der Waals surface area contributed by atoms with Crippen LogP contribution in [0.5, 0.6) is 0 Å². The highest BCUT2D eigenvalue weighted by Crippen LogP contribution is 2.52. The lowest BCUT2D eigenvalue weighted by molar-refractivity contribution is -0.118. The van der Waals surface area contributed by atoms with Crippen LogP contribution >= 0.6 is 11.3 Å². The molecule has 1 aliphatic heterocycles. The molecule has 0 bridgehead atoms. The van der Waals surface area contributed by atoms with E-state index in [0.717, 1.165) is 34.3 Å². The summed E-state index contributed by atoms with van der Waals surface area (Å²) in [6, 6.07) is 16.8. The molecule has 0 fully saturated rings. The number of Topliss-reactive ketones (excluding diaryl/α,β-unsaturated/α-hetero) is 1. The third-order valence-corrected chi connectivity index (χ3v) is 7.41. The Hall–Kier alpha value is -2.98. The fourth-order valence-electron chi connectivity index (χ4n) is 5.22. The van der Waals surface area contributed by atoms with Crippen LogP contribution < -0.4 is 5.32 Å². The minimum absolute atomic E-state index is 0.0277. The van der Waals surface area contributed by atoms with Crippen molar-refractivity contribution in [3.05, 3.63) is 82.5 Å². The van der Waals surface area contributed by atoms with Crippen molar-refractivity contribution in [2.75, 3.05) is 5.32 Å². The van der Waals surface area contributed by atoms with Gasteiger partial charge in [0.05, 0.1) is 5.52 Å². The number of fused-ring (bicyclic) bond motifs is 4. The van der Waals surface area contributed by atoms with Crippen LogP contribution in [0.1, 0.15) is 43.7 Å². The van der Waals surface area contributed by atoms with Gasteiger partial charge in [0.25, 0.3) is 0 Å². The van der Waals surface area contributed by atoms with Crippen LogP contribution in [0.3, 0.4) is 0 Å². The molecule has 0 saturated carbocycles. The molecule has 3 heterocycles. The molecule has 1 unspecified atom stereocenters. The van der Waals surface area contributed by atoms with Crippen LogP contribution in [0.2, 0.25) is 0 Å². The monoisotopic (exact) mass is 410 g/mol. The molecule has 2 aromatic carbocycles. The molecule has 1 atom stereocenters. The first-order valence-corrected chi connectivity index (χ1v) is 11.3. The summed E-state index contributed by atoms with van der Waals surface area (Å²) in [6.45, 7) is 4.37. The maximum absolute atomic E-state index is 13.5. The summed E-state index contributed by atoms with van der Waals surface area (Å²) in [4.78, 5) is 18.1.